The van der Waals surface area contributed by atoms with Crippen molar-refractivity contribution >= 4 is 11.7 Å². The maximum atomic E-state index is 13.3. The Balaban J connectivity index is 1.49. The summed E-state index contributed by atoms with van der Waals surface area (Å²) in [5.74, 6) is 1.71. The van der Waals surface area contributed by atoms with Crippen molar-refractivity contribution in [2.75, 3.05) is 37.7 Å². The van der Waals surface area contributed by atoms with Crippen LogP contribution in [0, 0.1) is 0 Å². The fourth-order valence-corrected chi connectivity index (χ4v) is 3.56. The molecule has 3 aromatic rings. The van der Waals surface area contributed by atoms with Crippen LogP contribution >= 0.6 is 0 Å². The van der Waals surface area contributed by atoms with Gasteiger partial charge in [0.05, 0.1) is 25.3 Å². The number of carbonyl (C=O) groups is 1. The Hall–Kier alpha value is -3.19. The predicted molar refractivity (Wildman–Crippen MR) is 115 cm³/mol. The van der Waals surface area contributed by atoms with Crippen molar-refractivity contribution in [1.82, 2.24) is 19.4 Å². The maximum absolute atomic E-state index is 13.3. The van der Waals surface area contributed by atoms with Crippen molar-refractivity contribution in [3.63, 3.8) is 0 Å². The molecule has 3 heterocycles. The molecule has 0 spiro atoms. The minimum absolute atomic E-state index is 0.0324. The van der Waals surface area contributed by atoms with Crippen LogP contribution in [0.5, 0.6) is 0 Å². The van der Waals surface area contributed by atoms with E-state index in [-0.39, 0.29) is 5.91 Å². The molecule has 1 fully saturated rings. The number of amides is 1. The fraction of sp³-hybridized carbons (Fsp3) is 0.348. The smallest absolute Gasteiger partial charge is 0.255 e. The lowest BCUT2D eigenvalue weighted by atomic mass is 10.1. The van der Waals surface area contributed by atoms with Gasteiger partial charge >= 0.3 is 0 Å². The summed E-state index contributed by atoms with van der Waals surface area (Å²) in [7, 11) is 1.95. The number of aromatic nitrogens is 3. The van der Waals surface area contributed by atoms with Crippen LogP contribution in [0.4, 0.5) is 5.82 Å². The van der Waals surface area contributed by atoms with E-state index in [2.05, 4.69) is 27.0 Å². The molecular formula is C23H27N5O2. The summed E-state index contributed by atoms with van der Waals surface area (Å²) in [5, 5.41) is 0. The van der Waals surface area contributed by atoms with Crippen LogP contribution in [0.1, 0.15) is 21.7 Å². The van der Waals surface area contributed by atoms with Gasteiger partial charge in [-0.25, -0.2) is 9.97 Å². The number of morpholine rings is 1. The summed E-state index contributed by atoms with van der Waals surface area (Å²) in [6.45, 7) is 4.13. The van der Waals surface area contributed by atoms with Gasteiger partial charge in [0, 0.05) is 45.3 Å². The Kier molecular flexibility index (Phi) is 6.39. The molecule has 7 heteroatoms. The number of nitrogens with zero attached hydrogens (tertiary/aromatic N) is 5. The number of carbonyl (C=O) groups excluding carboxylic acids is 1. The van der Waals surface area contributed by atoms with Crippen molar-refractivity contribution in [1.29, 1.82) is 0 Å². The molecule has 0 aliphatic carbocycles. The van der Waals surface area contributed by atoms with Crippen molar-refractivity contribution < 1.29 is 9.53 Å². The molecule has 7 nitrogen and oxygen atoms in total. The van der Waals surface area contributed by atoms with Gasteiger partial charge in [0.1, 0.15) is 11.6 Å². The number of hydrogen-bond acceptors (Lipinski definition) is 5. The zero-order valence-corrected chi connectivity index (χ0v) is 17.3. The lowest BCUT2D eigenvalue weighted by molar-refractivity contribution is 0.0739. The first-order valence-corrected chi connectivity index (χ1v) is 10.3. The number of imidazole rings is 1. The van der Waals surface area contributed by atoms with Crippen LogP contribution in [0.3, 0.4) is 0 Å². The highest BCUT2D eigenvalue weighted by Crippen LogP contribution is 2.16. The van der Waals surface area contributed by atoms with Crippen molar-refractivity contribution in [2.45, 2.75) is 13.0 Å². The van der Waals surface area contributed by atoms with E-state index in [0.717, 1.165) is 31.2 Å². The molecule has 1 aliphatic rings. The second-order valence-corrected chi connectivity index (χ2v) is 7.42. The third-order valence-electron chi connectivity index (χ3n) is 5.38. The molecule has 4 rings (SSSR count). The van der Waals surface area contributed by atoms with E-state index in [4.69, 9.17) is 4.74 Å². The maximum Gasteiger partial charge on any atom is 0.255 e. The van der Waals surface area contributed by atoms with E-state index in [1.807, 2.05) is 53.0 Å². The van der Waals surface area contributed by atoms with Gasteiger partial charge in [0.2, 0.25) is 0 Å². The molecule has 0 N–H and O–H groups in total. The second-order valence-electron chi connectivity index (χ2n) is 7.42. The lowest BCUT2D eigenvalue weighted by Crippen LogP contribution is -2.37. The molecule has 0 radical (unpaired) electrons. The Labute approximate surface area is 176 Å². The second kappa shape index (κ2) is 9.54. The van der Waals surface area contributed by atoms with Gasteiger partial charge < -0.3 is 19.1 Å². The summed E-state index contributed by atoms with van der Waals surface area (Å²) >= 11 is 0. The Morgan fingerprint density at radius 3 is 2.57 bits per heavy atom. The van der Waals surface area contributed by atoms with Gasteiger partial charge in [-0.2, -0.15) is 0 Å². The minimum Gasteiger partial charge on any atom is -0.378 e. The van der Waals surface area contributed by atoms with E-state index in [0.29, 0.717) is 31.9 Å². The standard InChI is InChI=1S/C23H27N5O2/c1-26-12-10-24-22(26)18-28(11-9-19-5-3-2-4-6-19)23(29)20-7-8-21(25-17-20)27-13-15-30-16-14-27/h2-8,10,12,17H,9,11,13-16,18H2,1H3. The number of rotatable bonds is 7. The zero-order chi connectivity index (χ0) is 20.8. The number of benzene rings is 1. The third kappa shape index (κ3) is 4.86. The normalized spacial score (nSPS) is 14.0. The van der Waals surface area contributed by atoms with Gasteiger partial charge in [-0.05, 0) is 24.1 Å². The summed E-state index contributed by atoms with van der Waals surface area (Å²) in [4.78, 5) is 26.3. The lowest BCUT2D eigenvalue weighted by Gasteiger charge is -2.28. The zero-order valence-electron chi connectivity index (χ0n) is 17.3. The molecule has 0 atom stereocenters. The largest absolute Gasteiger partial charge is 0.378 e. The van der Waals surface area contributed by atoms with Crippen molar-refractivity contribution in [2.24, 2.45) is 7.05 Å². The van der Waals surface area contributed by atoms with E-state index in [9.17, 15) is 4.79 Å². The molecular weight excluding hydrogens is 378 g/mol. The average molecular weight is 406 g/mol. The molecule has 1 saturated heterocycles. The van der Waals surface area contributed by atoms with Crippen molar-refractivity contribution in [3.05, 3.63) is 78.0 Å². The molecule has 0 unspecified atom stereocenters. The van der Waals surface area contributed by atoms with E-state index >= 15 is 0 Å². The number of ether oxygens (including phenoxy) is 1. The number of anilines is 1. The van der Waals surface area contributed by atoms with Crippen molar-refractivity contribution in [3.8, 4) is 0 Å². The van der Waals surface area contributed by atoms with Gasteiger partial charge in [-0.15, -0.1) is 0 Å². The SMILES string of the molecule is Cn1ccnc1CN(CCc1ccccc1)C(=O)c1ccc(N2CCOCC2)nc1. The van der Waals surface area contributed by atoms with E-state index in [1.54, 1.807) is 12.4 Å². The molecule has 1 aromatic carbocycles. The molecule has 0 bridgehead atoms. The van der Waals surface area contributed by atoms with Gasteiger partial charge in [-0.1, -0.05) is 30.3 Å². The van der Waals surface area contributed by atoms with Crippen LogP contribution in [0.2, 0.25) is 0 Å². The van der Waals surface area contributed by atoms with Crippen LogP contribution in [-0.2, 0) is 24.8 Å². The number of pyridine rings is 1. The van der Waals surface area contributed by atoms with E-state index in [1.165, 1.54) is 5.56 Å². The first-order chi connectivity index (χ1) is 14.7. The predicted octanol–water partition coefficient (Wildman–Crippen LogP) is 2.54. The Morgan fingerprint density at radius 2 is 1.90 bits per heavy atom. The summed E-state index contributed by atoms with van der Waals surface area (Å²) in [6, 6.07) is 14.0. The molecule has 1 aliphatic heterocycles. The monoisotopic (exact) mass is 405 g/mol. The fourth-order valence-electron chi connectivity index (χ4n) is 3.56. The van der Waals surface area contributed by atoms with Gasteiger partial charge in [0.15, 0.2) is 0 Å². The number of hydrogen-bond donors (Lipinski definition) is 0. The third-order valence-corrected chi connectivity index (χ3v) is 5.38. The first-order valence-electron chi connectivity index (χ1n) is 10.3. The first kappa shape index (κ1) is 20.1. The van der Waals surface area contributed by atoms with Crippen LogP contribution in [-0.4, -0.2) is 58.2 Å². The molecule has 156 valence electrons. The van der Waals surface area contributed by atoms with Gasteiger partial charge in [-0.3, -0.25) is 4.79 Å². The highest BCUT2D eigenvalue weighted by molar-refractivity contribution is 5.94. The average Bonchev–Trinajstić information content (AvgIpc) is 3.22. The number of aryl methyl sites for hydroxylation is 1. The highest BCUT2D eigenvalue weighted by Gasteiger charge is 2.19. The topological polar surface area (TPSA) is 63.5 Å². The summed E-state index contributed by atoms with van der Waals surface area (Å²) < 4.78 is 7.35. The molecule has 0 saturated carbocycles. The Morgan fingerprint density at radius 1 is 1.10 bits per heavy atom. The summed E-state index contributed by atoms with van der Waals surface area (Å²) in [6.07, 6.45) is 6.12. The van der Waals surface area contributed by atoms with Gasteiger partial charge in [0.25, 0.3) is 5.91 Å². The van der Waals surface area contributed by atoms with Crippen LogP contribution < -0.4 is 4.90 Å². The van der Waals surface area contributed by atoms with Crippen LogP contribution in [0.15, 0.2) is 61.1 Å². The van der Waals surface area contributed by atoms with E-state index < -0.39 is 0 Å². The summed E-state index contributed by atoms with van der Waals surface area (Å²) in [5.41, 5.74) is 1.80. The molecule has 2 aromatic heterocycles. The molecule has 30 heavy (non-hydrogen) atoms. The quantitative estimate of drug-likeness (QED) is 0.605. The minimum atomic E-state index is -0.0324. The molecule has 1 amide bonds. The highest BCUT2D eigenvalue weighted by atomic mass is 16.5. The Bertz CT molecular complexity index is 949. The van der Waals surface area contributed by atoms with Crippen LogP contribution in [0.25, 0.3) is 0 Å².